The van der Waals surface area contributed by atoms with Crippen molar-refractivity contribution in [3.63, 3.8) is 0 Å². The van der Waals surface area contributed by atoms with E-state index in [0.29, 0.717) is 0 Å². The zero-order valence-corrected chi connectivity index (χ0v) is 19.3. The highest BCUT2D eigenvalue weighted by molar-refractivity contribution is 7.10. The van der Waals surface area contributed by atoms with Gasteiger partial charge in [0.2, 0.25) is 0 Å². The summed E-state index contributed by atoms with van der Waals surface area (Å²) >= 11 is 1.69. The van der Waals surface area contributed by atoms with Crippen molar-refractivity contribution in [2.24, 2.45) is 0 Å². The second kappa shape index (κ2) is 11.3. The number of likely N-dealkylation sites (N-methyl/N-ethyl adjacent to an activating group) is 1. The monoisotopic (exact) mass is 444 g/mol. The number of ether oxygens (including phenoxy) is 1. The first-order valence-corrected chi connectivity index (χ1v) is 11.6. The highest BCUT2D eigenvalue weighted by Gasteiger charge is 2.31. The Kier molecular flexibility index (Phi) is 8.45. The van der Waals surface area contributed by atoms with Gasteiger partial charge in [-0.15, -0.1) is 11.3 Å². The van der Waals surface area contributed by atoms with E-state index in [1.54, 1.807) is 18.4 Å². The minimum atomic E-state index is -0.622. The molecule has 2 aromatic rings. The Morgan fingerprint density at radius 2 is 1.81 bits per heavy atom. The van der Waals surface area contributed by atoms with E-state index in [9.17, 15) is 9.59 Å². The van der Waals surface area contributed by atoms with E-state index in [4.69, 9.17) is 4.74 Å². The van der Waals surface area contributed by atoms with Crippen LogP contribution in [0.5, 0.6) is 5.75 Å². The lowest BCUT2D eigenvalue weighted by Gasteiger charge is -2.41. The molecule has 2 atom stereocenters. The van der Waals surface area contributed by atoms with Gasteiger partial charge in [0.15, 0.2) is 0 Å². The third-order valence-electron chi connectivity index (χ3n) is 5.73. The fraction of sp³-hybridized carbons (Fsp3) is 0.478. The summed E-state index contributed by atoms with van der Waals surface area (Å²) in [5.41, 5.74) is 0.903. The van der Waals surface area contributed by atoms with Crippen LogP contribution in [0.25, 0.3) is 0 Å². The average molecular weight is 445 g/mol. The first-order chi connectivity index (χ1) is 15.0. The highest BCUT2D eigenvalue weighted by atomic mass is 32.1. The van der Waals surface area contributed by atoms with Gasteiger partial charge in [0, 0.05) is 43.6 Å². The molecule has 0 saturated carbocycles. The van der Waals surface area contributed by atoms with E-state index >= 15 is 0 Å². The number of nitrogens with one attached hydrogen (secondary N) is 2. The Balaban J connectivity index is 1.57. The van der Waals surface area contributed by atoms with Gasteiger partial charge in [-0.3, -0.25) is 14.5 Å². The quantitative estimate of drug-likeness (QED) is 0.611. The number of piperazine rings is 1. The Morgan fingerprint density at radius 1 is 1.10 bits per heavy atom. The van der Waals surface area contributed by atoms with Crippen molar-refractivity contribution in [3.8, 4) is 5.75 Å². The van der Waals surface area contributed by atoms with Crippen molar-refractivity contribution in [1.82, 2.24) is 20.4 Å². The molecule has 31 heavy (non-hydrogen) atoms. The van der Waals surface area contributed by atoms with E-state index in [1.165, 1.54) is 4.88 Å². The van der Waals surface area contributed by atoms with Crippen LogP contribution in [0.2, 0.25) is 0 Å². The van der Waals surface area contributed by atoms with Crippen LogP contribution in [0.15, 0.2) is 41.8 Å². The van der Waals surface area contributed by atoms with E-state index in [0.717, 1.165) is 44.0 Å². The van der Waals surface area contributed by atoms with Crippen molar-refractivity contribution in [3.05, 3.63) is 52.2 Å². The lowest BCUT2D eigenvalue weighted by atomic mass is 10.0. The molecule has 0 radical (unpaired) electrons. The number of rotatable bonds is 8. The summed E-state index contributed by atoms with van der Waals surface area (Å²) in [6, 6.07) is 11.4. The molecule has 1 saturated heterocycles. The molecule has 1 fully saturated rings. The van der Waals surface area contributed by atoms with E-state index < -0.39 is 11.8 Å². The van der Waals surface area contributed by atoms with Gasteiger partial charge in [-0.25, -0.2) is 0 Å². The molecule has 168 valence electrons. The van der Waals surface area contributed by atoms with Crippen LogP contribution >= 0.6 is 11.3 Å². The molecular weight excluding hydrogens is 412 g/mol. The molecular formula is C23H32N4O3S. The summed E-state index contributed by atoms with van der Waals surface area (Å²) in [5, 5.41) is 7.68. The van der Waals surface area contributed by atoms with Crippen molar-refractivity contribution < 1.29 is 14.3 Å². The predicted molar refractivity (Wildman–Crippen MR) is 123 cm³/mol. The molecule has 2 heterocycles. The zero-order chi connectivity index (χ0) is 22.2. The van der Waals surface area contributed by atoms with Gasteiger partial charge in [0.25, 0.3) is 0 Å². The van der Waals surface area contributed by atoms with Gasteiger partial charge in [-0.1, -0.05) is 25.1 Å². The number of hydrogen-bond acceptors (Lipinski definition) is 6. The van der Waals surface area contributed by atoms with Gasteiger partial charge < -0.3 is 20.3 Å². The van der Waals surface area contributed by atoms with Crippen LogP contribution in [-0.2, 0) is 16.1 Å². The summed E-state index contributed by atoms with van der Waals surface area (Å²) in [5.74, 6) is -0.473. The Bertz CT molecular complexity index is 833. The van der Waals surface area contributed by atoms with Crippen LogP contribution < -0.4 is 15.4 Å². The number of carbonyl (C=O) groups excluding carboxylic acids is 2. The Labute approximate surface area is 188 Å². The second-order valence-electron chi connectivity index (χ2n) is 7.72. The molecule has 2 unspecified atom stereocenters. The number of amides is 2. The summed E-state index contributed by atoms with van der Waals surface area (Å²) in [7, 11) is 1.61. The number of benzene rings is 1. The number of thiophene rings is 1. The number of hydrogen-bond donors (Lipinski definition) is 2. The standard InChI is InChI=1S/C23H32N4O3S/c1-4-26-11-13-27(14-12-26)21(20-6-5-15-31-20)17(2)25-23(29)22(28)24-16-18-7-9-19(30-3)10-8-18/h5-10,15,17,21H,4,11-14,16H2,1-3H3,(H,24,28)(H,25,29). The molecule has 0 bridgehead atoms. The average Bonchev–Trinajstić information content (AvgIpc) is 3.32. The van der Waals surface area contributed by atoms with Crippen LogP contribution in [0, 0.1) is 0 Å². The molecule has 1 aliphatic rings. The molecule has 3 rings (SSSR count). The molecule has 8 heteroatoms. The molecule has 1 aromatic heterocycles. The molecule has 0 spiro atoms. The second-order valence-corrected chi connectivity index (χ2v) is 8.70. The van der Waals surface area contributed by atoms with Crippen molar-refractivity contribution in [1.29, 1.82) is 0 Å². The van der Waals surface area contributed by atoms with Gasteiger partial charge in [0.05, 0.1) is 13.2 Å². The zero-order valence-electron chi connectivity index (χ0n) is 18.5. The van der Waals surface area contributed by atoms with Crippen LogP contribution in [0.1, 0.15) is 30.3 Å². The molecule has 1 aromatic carbocycles. The fourth-order valence-corrected chi connectivity index (χ4v) is 4.88. The minimum Gasteiger partial charge on any atom is -0.497 e. The van der Waals surface area contributed by atoms with Crippen LogP contribution in [0.3, 0.4) is 0 Å². The lowest BCUT2D eigenvalue weighted by Crippen LogP contribution is -2.53. The third kappa shape index (κ3) is 6.29. The molecule has 0 aliphatic carbocycles. The predicted octanol–water partition coefficient (Wildman–Crippen LogP) is 2.26. The van der Waals surface area contributed by atoms with Crippen LogP contribution in [-0.4, -0.2) is 67.5 Å². The first-order valence-electron chi connectivity index (χ1n) is 10.7. The summed E-state index contributed by atoms with van der Waals surface area (Å²) in [4.78, 5) is 31.0. The lowest BCUT2D eigenvalue weighted by molar-refractivity contribution is -0.140. The van der Waals surface area contributed by atoms with Gasteiger partial charge in [-0.05, 0) is 42.6 Å². The fourth-order valence-electron chi connectivity index (χ4n) is 3.92. The largest absolute Gasteiger partial charge is 0.497 e. The number of carbonyl (C=O) groups is 2. The molecule has 2 amide bonds. The first kappa shape index (κ1) is 23.2. The third-order valence-corrected chi connectivity index (χ3v) is 6.68. The summed E-state index contributed by atoms with van der Waals surface area (Å²) < 4.78 is 5.13. The molecule has 2 N–H and O–H groups in total. The maximum Gasteiger partial charge on any atom is 0.309 e. The topological polar surface area (TPSA) is 73.9 Å². The number of methoxy groups -OCH3 is 1. The Hall–Kier alpha value is -2.42. The van der Waals surface area contributed by atoms with E-state index in [-0.39, 0.29) is 18.6 Å². The minimum absolute atomic E-state index is 0.0531. The van der Waals surface area contributed by atoms with Gasteiger partial charge in [-0.2, -0.15) is 0 Å². The molecule has 1 aliphatic heterocycles. The van der Waals surface area contributed by atoms with Crippen molar-refractivity contribution in [2.45, 2.75) is 32.5 Å². The Morgan fingerprint density at radius 3 is 2.39 bits per heavy atom. The normalized spacial score (nSPS) is 17.0. The van der Waals surface area contributed by atoms with Crippen molar-refractivity contribution in [2.75, 3.05) is 39.8 Å². The van der Waals surface area contributed by atoms with Crippen LogP contribution in [0.4, 0.5) is 0 Å². The smallest absolute Gasteiger partial charge is 0.309 e. The highest BCUT2D eigenvalue weighted by Crippen LogP contribution is 2.29. The maximum absolute atomic E-state index is 12.6. The summed E-state index contributed by atoms with van der Waals surface area (Å²) in [6.07, 6.45) is 0. The van der Waals surface area contributed by atoms with E-state index in [1.807, 2.05) is 37.3 Å². The van der Waals surface area contributed by atoms with E-state index in [2.05, 4.69) is 38.8 Å². The van der Waals surface area contributed by atoms with Crippen molar-refractivity contribution >= 4 is 23.2 Å². The summed E-state index contributed by atoms with van der Waals surface area (Å²) in [6.45, 7) is 9.42. The van der Waals surface area contributed by atoms with Gasteiger partial charge in [0.1, 0.15) is 5.75 Å². The maximum atomic E-state index is 12.6. The van der Waals surface area contributed by atoms with Gasteiger partial charge >= 0.3 is 11.8 Å². The molecule has 7 nitrogen and oxygen atoms in total. The number of nitrogens with zero attached hydrogens (tertiary/aromatic N) is 2. The SMILES string of the molecule is CCN1CCN(C(c2cccs2)C(C)NC(=O)C(=O)NCc2ccc(OC)cc2)CC1.